The Balaban J connectivity index is 1.53. The molecule has 5 nitrogen and oxygen atoms in total. The van der Waals surface area contributed by atoms with Gasteiger partial charge in [-0.25, -0.2) is 4.98 Å². The van der Waals surface area contributed by atoms with Crippen molar-refractivity contribution in [3.63, 3.8) is 0 Å². The Morgan fingerprint density at radius 3 is 2.64 bits per heavy atom. The minimum absolute atomic E-state index is 0.150. The Labute approximate surface area is 130 Å². The minimum Gasteiger partial charge on any atom is -0.376 e. The van der Waals surface area contributed by atoms with E-state index in [0.717, 1.165) is 49.4 Å². The van der Waals surface area contributed by atoms with E-state index in [4.69, 9.17) is 15.5 Å². The summed E-state index contributed by atoms with van der Waals surface area (Å²) in [5, 5.41) is 0. The predicted octanol–water partition coefficient (Wildman–Crippen LogP) is 1.96. The molecule has 2 aliphatic heterocycles. The number of aromatic nitrogens is 2. The van der Waals surface area contributed by atoms with Gasteiger partial charge >= 0.3 is 0 Å². The van der Waals surface area contributed by atoms with Gasteiger partial charge in [-0.05, 0) is 31.9 Å². The molecule has 2 atom stereocenters. The molecule has 2 saturated heterocycles. The maximum absolute atomic E-state index is 6.38. The van der Waals surface area contributed by atoms with Gasteiger partial charge in [0.2, 0.25) is 0 Å². The van der Waals surface area contributed by atoms with Gasteiger partial charge in [-0.2, -0.15) is 0 Å². The van der Waals surface area contributed by atoms with Crippen LogP contribution < -0.4 is 10.6 Å². The first-order chi connectivity index (χ1) is 10.7. The van der Waals surface area contributed by atoms with E-state index in [1.165, 1.54) is 0 Å². The van der Waals surface area contributed by atoms with Crippen molar-refractivity contribution in [3.05, 3.63) is 30.5 Å². The lowest BCUT2D eigenvalue weighted by Gasteiger charge is -2.41. The highest BCUT2D eigenvalue weighted by Gasteiger charge is 2.47. The number of nitrogens with two attached hydrogens (primary N) is 1. The normalized spacial score (nSPS) is 27.6. The van der Waals surface area contributed by atoms with E-state index in [2.05, 4.69) is 16.8 Å². The van der Waals surface area contributed by atoms with Crippen LogP contribution in [-0.4, -0.2) is 41.8 Å². The first kappa shape index (κ1) is 13.9. The largest absolute Gasteiger partial charge is 0.376 e. The summed E-state index contributed by atoms with van der Waals surface area (Å²) in [7, 11) is 0. The molecule has 0 amide bonds. The first-order valence-electron chi connectivity index (χ1n) is 8.02. The molecule has 0 bridgehead atoms. The molecular formula is C17H22N4O. The summed E-state index contributed by atoms with van der Waals surface area (Å²) in [6.45, 7) is 4.82. The van der Waals surface area contributed by atoms with Crippen LogP contribution in [0.4, 0.5) is 5.82 Å². The van der Waals surface area contributed by atoms with Crippen molar-refractivity contribution >= 4 is 16.9 Å². The highest BCUT2D eigenvalue weighted by atomic mass is 16.5. The fraction of sp³-hybridized carbons (Fsp3) is 0.529. The summed E-state index contributed by atoms with van der Waals surface area (Å²) in [6.07, 6.45) is 4.18. The summed E-state index contributed by atoms with van der Waals surface area (Å²) in [5.41, 5.74) is 8.43. The Bertz CT molecular complexity index is 681. The number of ether oxygens (including phenoxy) is 1. The van der Waals surface area contributed by atoms with Gasteiger partial charge in [-0.1, -0.05) is 12.1 Å². The van der Waals surface area contributed by atoms with Crippen molar-refractivity contribution in [1.29, 1.82) is 0 Å². The monoisotopic (exact) mass is 298 g/mol. The number of anilines is 1. The Morgan fingerprint density at radius 1 is 1.23 bits per heavy atom. The average Bonchev–Trinajstić information content (AvgIpc) is 2.84. The lowest BCUT2D eigenvalue weighted by atomic mass is 9.73. The number of para-hydroxylation sites is 2. The molecule has 1 aromatic heterocycles. The molecule has 22 heavy (non-hydrogen) atoms. The number of hydrogen-bond donors (Lipinski definition) is 1. The SMILES string of the molecule is C[C@@H]1OCC2(CCN(c3cnc4ccccc4n3)CC2)[C@@H]1N. The zero-order valence-electron chi connectivity index (χ0n) is 12.9. The van der Waals surface area contributed by atoms with E-state index in [1.54, 1.807) is 0 Å². The molecule has 0 unspecified atom stereocenters. The van der Waals surface area contributed by atoms with Gasteiger partial charge in [0.1, 0.15) is 5.82 Å². The van der Waals surface area contributed by atoms with Crippen LogP contribution in [0.1, 0.15) is 19.8 Å². The van der Waals surface area contributed by atoms with E-state index < -0.39 is 0 Å². The second-order valence-corrected chi connectivity index (χ2v) is 6.61. The van der Waals surface area contributed by atoms with Crippen LogP contribution in [0.2, 0.25) is 0 Å². The standard InChI is InChI=1S/C17H22N4O/c1-12-16(18)17(11-22-12)6-8-21(9-7-17)15-10-19-13-4-2-3-5-14(13)20-15/h2-5,10,12,16H,6-9,11,18H2,1H3/t12-,16+/m0/s1. The third-order valence-electron chi connectivity index (χ3n) is 5.37. The first-order valence-corrected chi connectivity index (χ1v) is 8.02. The molecule has 0 radical (unpaired) electrons. The fourth-order valence-electron chi connectivity index (χ4n) is 3.75. The molecule has 2 N–H and O–H groups in total. The zero-order chi connectivity index (χ0) is 15.2. The van der Waals surface area contributed by atoms with Crippen LogP contribution in [0.3, 0.4) is 0 Å². The zero-order valence-corrected chi connectivity index (χ0v) is 12.9. The Hall–Kier alpha value is -1.72. The maximum atomic E-state index is 6.38. The summed E-state index contributed by atoms with van der Waals surface area (Å²) >= 11 is 0. The van der Waals surface area contributed by atoms with Gasteiger partial charge in [-0.15, -0.1) is 0 Å². The molecule has 0 saturated carbocycles. The number of nitrogens with zero attached hydrogens (tertiary/aromatic N) is 3. The summed E-state index contributed by atoms with van der Waals surface area (Å²) < 4.78 is 5.79. The van der Waals surface area contributed by atoms with E-state index in [1.807, 2.05) is 30.5 Å². The number of rotatable bonds is 1. The second-order valence-electron chi connectivity index (χ2n) is 6.61. The summed E-state index contributed by atoms with van der Waals surface area (Å²) in [5.74, 6) is 0.967. The van der Waals surface area contributed by atoms with Crippen LogP contribution >= 0.6 is 0 Å². The number of benzene rings is 1. The molecule has 1 aromatic carbocycles. The van der Waals surface area contributed by atoms with Crippen molar-refractivity contribution in [2.75, 3.05) is 24.6 Å². The van der Waals surface area contributed by atoms with Crippen LogP contribution in [0.25, 0.3) is 11.0 Å². The molecule has 1 spiro atoms. The lowest BCUT2D eigenvalue weighted by Crippen LogP contribution is -2.50. The third-order valence-corrected chi connectivity index (χ3v) is 5.37. The third kappa shape index (κ3) is 2.16. The molecule has 3 heterocycles. The van der Waals surface area contributed by atoms with Crippen LogP contribution in [0, 0.1) is 5.41 Å². The number of fused-ring (bicyclic) bond motifs is 1. The molecular weight excluding hydrogens is 276 g/mol. The van der Waals surface area contributed by atoms with Gasteiger partial charge in [0.05, 0.1) is 29.9 Å². The topological polar surface area (TPSA) is 64.3 Å². The predicted molar refractivity (Wildman–Crippen MR) is 86.8 cm³/mol. The second kappa shape index (κ2) is 5.18. The Morgan fingerprint density at radius 2 is 1.95 bits per heavy atom. The lowest BCUT2D eigenvalue weighted by molar-refractivity contribution is 0.0974. The highest BCUT2D eigenvalue weighted by Crippen LogP contribution is 2.41. The average molecular weight is 298 g/mol. The quantitative estimate of drug-likeness (QED) is 0.872. The van der Waals surface area contributed by atoms with Crippen molar-refractivity contribution in [3.8, 4) is 0 Å². The molecule has 2 fully saturated rings. The maximum Gasteiger partial charge on any atom is 0.147 e. The molecule has 2 aliphatic rings. The van der Waals surface area contributed by atoms with Crippen LogP contribution in [0.5, 0.6) is 0 Å². The van der Waals surface area contributed by atoms with E-state index in [-0.39, 0.29) is 17.6 Å². The van der Waals surface area contributed by atoms with Crippen LogP contribution in [-0.2, 0) is 4.74 Å². The smallest absolute Gasteiger partial charge is 0.147 e. The van der Waals surface area contributed by atoms with Crippen molar-refractivity contribution in [1.82, 2.24) is 9.97 Å². The fourth-order valence-corrected chi connectivity index (χ4v) is 3.75. The molecule has 5 heteroatoms. The molecule has 2 aromatic rings. The Kier molecular flexibility index (Phi) is 3.27. The molecule has 4 rings (SSSR count). The van der Waals surface area contributed by atoms with Crippen molar-refractivity contribution in [2.45, 2.75) is 31.9 Å². The number of piperidine rings is 1. The van der Waals surface area contributed by atoms with Crippen molar-refractivity contribution < 1.29 is 4.74 Å². The van der Waals surface area contributed by atoms with Gasteiger partial charge < -0.3 is 15.4 Å². The summed E-state index contributed by atoms with van der Waals surface area (Å²) in [4.78, 5) is 11.6. The van der Waals surface area contributed by atoms with Gasteiger partial charge in [0.25, 0.3) is 0 Å². The van der Waals surface area contributed by atoms with Gasteiger partial charge in [0.15, 0.2) is 0 Å². The number of hydrogen-bond acceptors (Lipinski definition) is 5. The van der Waals surface area contributed by atoms with Crippen molar-refractivity contribution in [2.24, 2.45) is 11.1 Å². The van der Waals surface area contributed by atoms with E-state index in [0.29, 0.717) is 0 Å². The minimum atomic E-state index is 0.150. The highest BCUT2D eigenvalue weighted by molar-refractivity contribution is 5.75. The van der Waals surface area contributed by atoms with Crippen LogP contribution in [0.15, 0.2) is 30.5 Å². The van der Waals surface area contributed by atoms with E-state index >= 15 is 0 Å². The van der Waals surface area contributed by atoms with Gasteiger partial charge in [0, 0.05) is 24.5 Å². The summed E-state index contributed by atoms with van der Waals surface area (Å²) in [6, 6.07) is 8.15. The van der Waals surface area contributed by atoms with E-state index in [9.17, 15) is 0 Å². The molecule has 0 aliphatic carbocycles. The van der Waals surface area contributed by atoms with Gasteiger partial charge in [-0.3, -0.25) is 4.98 Å². The molecule has 116 valence electrons.